The van der Waals surface area contributed by atoms with Crippen LogP contribution in [-0.2, 0) is 4.79 Å². The van der Waals surface area contributed by atoms with Crippen LogP contribution in [0.2, 0.25) is 0 Å². The number of urea groups is 1. The summed E-state index contributed by atoms with van der Waals surface area (Å²) in [5, 5.41) is 12.2. The molecule has 0 radical (unpaired) electrons. The van der Waals surface area contributed by atoms with E-state index in [1.165, 1.54) is 0 Å². The van der Waals surface area contributed by atoms with Gasteiger partial charge in [-0.25, -0.2) is 9.78 Å². The topological polar surface area (TPSA) is 87.5 Å². The number of rotatable bonds is 4. The predicted octanol–water partition coefficient (Wildman–Crippen LogP) is 2.44. The highest BCUT2D eigenvalue weighted by Crippen LogP contribution is 2.30. The van der Waals surface area contributed by atoms with Gasteiger partial charge in [0.05, 0.1) is 17.8 Å². The Bertz CT molecular complexity index is 774. The Morgan fingerprint density at radius 1 is 1.40 bits per heavy atom. The fourth-order valence-corrected chi connectivity index (χ4v) is 3.04. The number of hydrogen-bond acceptors (Lipinski definition) is 3. The first-order chi connectivity index (χ1) is 11.9. The van der Waals surface area contributed by atoms with E-state index in [0.29, 0.717) is 13.0 Å². The second-order valence-electron chi connectivity index (χ2n) is 6.77. The number of carboxylic acid groups (broad SMARTS) is 1. The first kappa shape index (κ1) is 17.0. The number of nitrogens with one attached hydrogen (secondary N) is 1. The van der Waals surface area contributed by atoms with E-state index in [1.807, 2.05) is 42.0 Å². The third kappa shape index (κ3) is 3.50. The zero-order valence-corrected chi connectivity index (χ0v) is 14.3. The van der Waals surface area contributed by atoms with Crippen molar-refractivity contribution in [1.29, 1.82) is 0 Å². The molecule has 7 nitrogen and oxygen atoms in total. The largest absolute Gasteiger partial charge is 0.481 e. The van der Waals surface area contributed by atoms with Crippen molar-refractivity contribution in [1.82, 2.24) is 19.8 Å². The van der Waals surface area contributed by atoms with Crippen LogP contribution >= 0.6 is 0 Å². The normalized spacial score (nSPS) is 21.1. The fourth-order valence-electron chi connectivity index (χ4n) is 3.04. The maximum Gasteiger partial charge on any atom is 0.317 e. The molecule has 3 rings (SSSR count). The van der Waals surface area contributed by atoms with Crippen molar-refractivity contribution >= 4 is 12.0 Å². The molecule has 2 aromatic rings. The number of amides is 2. The monoisotopic (exact) mass is 342 g/mol. The lowest BCUT2D eigenvalue weighted by Gasteiger charge is -2.23. The summed E-state index contributed by atoms with van der Waals surface area (Å²) in [6.45, 7) is 4.28. The number of hydrogen-bond donors (Lipinski definition) is 2. The molecule has 1 aliphatic heterocycles. The minimum absolute atomic E-state index is 0.187. The summed E-state index contributed by atoms with van der Waals surface area (Å²) in [5.41, 5.74) is 1.08. The Morgan fingerprint density at radius 3 is 2.84 bits per heavy atom. The van der Waals surface area contributed by atoms with Crippen LogP contribution in [0.15, 0.2) is 43.0 Å². The van der Waals surface area contributed by atoms with E-state index in [2.05, 4.69) is 10.3 Å². The molecular weight excluding hydrogens is 320 g/mol. The molecule has 7 heteroatoms. The van der Waals surface area contributed by atoms with Gasteiger partial charge in [-0.15, -0.1) is 0 Å². The average molecular weight is 342 g/mol. The molecule has 1 saturated heterocycles. The Hall–Kier alpha value is -2.83. The maximum absolute atomic E-state index is 12.5. The van der Waals surface area contributed by atoms with Gasteiger partial charge in [0, 0.05) is 31.2 Å². The molecule has 1 aromatic carbocycles. The lowest BCUT2D eigenvalue weighted by Crippen LogP contribution is -2.41. The number of aromatic nitrogens is 2. The van der Waals surface area contributed by atoms with E-state index < -0.39 is 11.4 Å². The van der Waals surface area contributed by atoms with Gasteiger partial charge in [0.15, 0.2) is 0 Å². The first-order valence-corrected chi connectivity index (χ1v) is 8.26. The molecular formula is C18H22N4O3. The molecule has 2 heterocycles. The molecule has 0 bridgehead atoms. The zero-order chi connectivity index (χ0) is 18.0. The van der Waals surface area contributed by atoms with Crippen LogP contribution in [0.5, 0.6) is 0 Å². The maximum atomic E-state index is 12.5. The second-order valence-corrected chi connectivity index (χ2v) is 6.77. The predicted molar refractivity (Wildman–Crippen MR) is 92.4 cm³/mol. The summed E-state index contributed by atoms with van der Waals surface area (Å²) in [6, 6.07) is 7.44. The lowest BCUT2D eigenvalue weighted by molar-refractivity contribution is -0.147. The molecule has 1 aliphatic rings. The Balaban J connectivity index is 1.66. The van der Waals surface area contributed by atoms with Gasteiger partial charge in [0.1, 0.15) is 0 Å². The smallest absolute Gasteiger partial charge is 0.317 e. The van der Waals surface area contributed by atoms with E-state index in [9.17, 15) is 14.7 Å². The van der Waals surface area contributed by atoms with Gasteiger partial charge >= 0.3 is 12.0 Å². The van der Waals surface area contributed by atoms with Crippen LogP contribution in [0, 0.1) is 5.41 Å². The highest BCUT2D eigenvalue weighted by atomic mass is 16.4. The number of imidazole rings is 1. The minimum atomic E-state index is -0.859. The summed E-state index contributed by atoms with van der Waals surface area (Å²) in [4.78, 5) is 29.4. The third-order valence-corrected chi connectivity index (χ3v) is 4.79. The summed E-state index contributed by atoms with van der Waals surface area (Å²) in [7, 11) is 0. The number of carbonyl (C=O) groups is 2. The molecule has 1 fully saturated rings. The number of nitrogens with zero attached hydrogens (tertiary/aromatic N) is 3. The number of likely N-dealkylation sites (tertiary alicyclic amines) is 1. The summed E-state index contributed by atoms with van der Waals surface area (Å²) >= 11 is 0. The van der Waals surface area contributed by atoms with Crippen LogP contribution in [0.3, 0.4) is 0 Å². The molecule has 25 heavy (non-hydrogen) atoms. The molecule has 0 aliphatic carbocycles. The summed E-state index contributed by atoms with van der Waals surface area (Å²) in [5.74, 6) is -0.858. The van der Waals surface area contributed by atoms with Crippen LogP contribution in [-0.4, -0.2) is 44.6 Å². The van der Waals surface area contributed by atoms with E-state index in [1.54, 1.807) is 24.3 Å². The Morgan fingerprint density at radius 2 is 2.20 bits per heavy atom. The van der Waals surface area contributed by atoms with E-state index in [0.717, 1.165) is 11.3 Å². The van der Waals surface area contributed by atoms with Gasteiger partial charge in [-0.2, -0.15) is 0 Å². The Labute approximate surface area is 146 Å². The number of benzene rings is 1. The van der Waals surface area contributed by atoms with Crippen LogP contribution < -0.4 is 5.32 Å². The zero-order valence-electron chi connectivity index (χ0n) is 14.3. The van der Waals surface area contributed by atoms with Crippen molar-refractivity contribution in [3.8, 4) is 5.69 Å². The molecule has 2 atom stereocenters. The highest BCUT2D eigenvalue weighted by molar-refractivity contribution is 5.79. The number of aliphatic carboxylic acids is 1. The van der Waals surface area contributed by atoms with Crippen molar-refractivity contribution < 1.29 is 14.7 Å². The SMILES string of the molecule is CC(NC(=O)N1CCC(C)(C(=O)O)C1)c1cccc(-n2ccnc2)c1. The second kappa shape index (κ2) is 6.58. The number of carboxylic acids is 1. The first-order valence-electron chi connectivity index (χ1n) is 8.26. The average Bonchev–Trinajstić information content (AvgIpc) is 3.25. The van der Waals surface area contributed by atoms with Crippen molar-refractivity contribution in [2.24, 2.45) is 5.41 Å². The van der Waals surface area contributed by atoms with Crippen LogP contribution in [0.4, 0.5) is 4.79 Å². The van der Waals surface area contributed by atoms with Gasteiger partial charge < -0.3 is 19.9 Å². The van der Waals surface area contributed by atoms with Gasteiger partial charge in [0.25, 0.3) is 0 Å². The molecule has 2 unspecified atom stereocenters. The molecule has 0 spiro atoms. The van der Waals surface area contributed by atoms with Crippen molar-refractivity contribution in [3.05, 3.63) is 48.5 Å². The van der Waals surface area contributed by atoms with Crippen molar-refractivity contribution in [2.45, 2.75) is 26.3 Å². The molecule has 132 valence electrons. The molecule has 2 amide bonds. The third-order valence-electron chi connectivity index (χ3n) is 4.79. The standard InChI is InChI=1S/C18H22N4O3/c1-13(14-4-3-5-15(10-14)22-9-7-19-12-22)20-17(25)21-8-6-18(2,11-21)16(23)24/h3-5,7,9-10,12-13H,6,8,11H2,1-2H3,(H,20,25)(H,23,24). The van der Waals surface area contributed by atoms with E-state index >= 15 is 0 Å². The van der Waals surface area contributed by atoms with Gasteiger partial charge in [-0.05, 0) is 38.0 Å². The van der Waals surface area contributed by atoms with Crippen LogP contribution in [0.1, 0.15) is 31.9 Å². The molecule has 1 aromatic heterocycles. The van der Waals surface area contributed by atoms with Crippen molar-refractivity contribution in [2.75, 3.05) is 13.1 Å². The van der Waals surface area contributed by atoms with Gasteiger partial charge in [-0.1, -0.05) is 12.1 Å². The number of carbonyl (C=O) groups excluding carboxylic acids is 1. The quantitative estimate of drug-likeness (QED) is 0.893. The highest BCUT2D eigenvalue weighted by Gasteiger charge is 2.42. The summed E-state index contributed by atoms with van der Waals surface area (Å²) < 4.78 is 1.90. The molecule has 0 saturated carbocycles. The van der Waals surface area contributed by atoms with Gasteiger partial charge in [-0.3, -0.25) is 4.79 Å². The van der Waals surface area contributed by atoms with Crippen molar-refractivity contribution in [3.63, 3.8) is 0 Å². The fraction of sp³-hybridized carbons (Fsp3) is 0.389. The summed E-state index contributed by atoms with van der Waals surface area (Å²) in [6.07, 6.45) is 5.77. The van der Waals surface area contributed by atoms with Crippen LogP contribution in [0.25, 0.3) is 5.69 Å². The minimum Gasteiger partial charge on any atom is -0.481 e. The van der Waals surface area contributed by atoms with E-state index in [4.69, 9.17) is 0 Å². The van der Waals surface area contributed by atoms with Gasteiger partial charge in [0.2, 0.25) is 0 Å². The Kier molecular flexibility index (Phi) is 4.48. The van der Waals surface area contributed by atoms with E-state index in [-0.39, 0.29) is 18.6 Å². The lowest BCUT2D eigenvalue weighted by atomic mass is 9.90. The molecule has 2 N–H and O–H groups in total.